The van der Waals surface area contributed by atoms with E-state index in [0.29, 0.717) is 12.0 Å². The van der Waals surface area contributed by atoms with E-state index in [1.54, 1.807) is 0 Å². The van der Waals surface area contributed by atoms with E-state index in [2.05, 4.69) is 14.7 Å². The molecule has 0 aliphatic carbocycles. The number of rotatable bonds is 4. The van der Waals surface area contributed by atoms with Crippen LogP contribution in [-0.4, -0.2) is 18.9 Å². The minimum atomic E-state index is -4.55. The van der Waals surface area contributed by atoms with Gasteiger partial charge >= 0.3 is 6.18 Å². The van der Waals surface area contributed by atoms with Crippen LogP contribution in [0, 0.1) is 0 Å². The fourth-order valence-corrected chi connectivity index (χ4v) is 2.27. The van der Waals surface area contributed by atoms with E-state index in [9.17, 15) is 17.4 Å². The lowest BCUT2D eigenvalue weighted by molar-refractivity contribution is -0.145. The van der Waals surface area contributed by atoms with Crippen molar-refractivity contribution in [1.82, 2.24) is 14.7 Å². The van der Waals surface area contributed by atoms with Crippen LogP contribution in [0.25, 0.3) is 0 Å². The highest BCUT2D eigenvalue weighted by Gasteiger charge is 2.34. The second-order valence-corrected chi connectivity index (χ2v) is 7.30. The molecule has 0 aliphatic rings. The second kappa shape index (κ2) is 6.17. The maximum absolute atomic E-state index is 12.4. The fourth-order valence-electron chi connectivity index (χ4n) is 1.36. The van der Waals surface area contributed by atoms with Crippen LogP contribution in [-0.2, 0) is 17.2 Å². The van der Waals surface area contributed by atoms with E-state index in [0.717, 1.165) is 12.4 Å². The van der Waals surface area contributed by atoms with Crippen molar-refractivity contribution >= 4 is 11.0 Å². The lowest BCUT2D eigenvalue weighted by Crippen LogP contribution is -2.35. The number of hydrogen-bond acceptors (Lipinski definition) is 3. The van der Waals surface area contributed by atoms with Crippen LogP contribution < -0.4 is 4.72 Å². The van der Waals surface area contributed by atoms with Crippen molar-refractivity contribution in [3.05, 3.63) is 23.8 Å². The standard InChI is InChI=1S/C12H18F3N3OS/c1-5-9(18-20(19)11(2,3)4)8-6-16-10(17-7-8)12(13,14)15/h6-7,9,18H,5H2,1-4H3/t9-,20?/m1/s1. The van der Waals surface area contributed by atoms with Crippen LogP contribution in [0.2, 0.25) is 0 Å². The maximum Gasteiger partial charge on any atom is 0.451 e. The Kier molecular flexibility index (Phi) is 5.26. The van der Waals surface area contributed by atoms with Gasteiger partial charge in [0.05, 0.1) is 15.7 Å². The Balaban J connectivity index is 2.89. The van der Waals surface area contributed by atoms with E-state index < -0.39 is 27.7 Å². The molecule has 0 aliphatic heterocycles. The third-order valence-corrected chi connectivity index (χ3v) is 4.15. The Morgan fingerprint density at radius 2 is 1.75 bits per heavy atom. The summed E-state index contributed by atoms with van der Waals surface area (Å²) >= 11 is 0. The Morgan fingerprint density at radius 1 is 1.25 bits per heavy atom. The summed E-state index contributed by atoms with van der Waals surface area (Å²) in [6.45, 7) is 7.28. The zero-order valence-corrected chi connectivity index (χ0v) is 12.6. The lowest BCUT2D eigenvalue weighted by atomic mass is 10.1. The molecular weight excluding hydrogens is 291 g/mol. The maximum atomic E-state index is 12.4. The second-order valence-electron chi connectivity index (χ2n) is 5.30. The van der Waals surface area contributed by atoms with E-state index in [-0.39, 0.29) is 6.04 Å². The first-order chi connectivity index (χ1) is 9.05. The normalized spacial score (nSPS) is 15.9. The van der Waals surface area contributed by atoms with Gasteiger partial charge in [0, 0.05) is 24.0 Å². The van der Waals surface area contributed by atoms with Crippen molar-refractivity contribution in [3.8, 4) is 0 Å². The average molecular weight is 309 g/mol. The Morgan fingerprint density at radius 3 is 2.10 bits per heavy atom. The van der Waals surface area contributed by atoms with Crippen molar-refractivity contribution in [2.45, 2.75) is 51.1 Å². The molecule has 20 heavy (non-hydrogen) atoms. The number of nitrogens with zero attached hydrogens (tertiary/aromatic N) is 2. The summed E-state index contributed by atoms with van der Waals surface area (Å²) in [5.74, 6) is -1.17. The zero-order chi connectivity index (χ0) is 15.6. The van der Waals surface area contributed by atoms with Crippen molar-refractivity contribution in [3.63, 3.8) is 0 Å². The molecule has 2 atom stereocenters. The van der Waals surface area contributed by atoms with Crippen molar-refractivity contribution < 1.29 is 17.4 Å². The molecule has 0 fully saturated rings. The summed E-state index contributed by atoms with van der Waals surface area (Å²) < 4.78 is 51.6. The number of nitrogens with one attached hydrogen (secondary N) is 1. The summed E-state index contributed by atoms with van der Waals surface area (Å²) in [7, 11) is -1.32. The van der Waals surface area contributed by atoms with E-state index >= 15 is 0 Å². The minimum absolute atomic E-state index is 0.350. The van der Waals surface area contributed by atoms with Gasteiger partial charge < -0.3 is 0 Å². The molecule has 1 N–H and O–H groups in total. The Labute approximate surface area is 118 Å². The third-order valence-electron chi connectivity index (χ3n) is 2.54. The molecule has 0 radical (unpaired) electrons. The first-order valence-electron chi connectivity index (χ1n) is 6.13. The van der Waals surface area contributed by atoms with Crippen LogP contribution in [0.4, 0.5) is 13.2 Å². The highest BCUT2D eigenvalue weighted by molar-refractivity contribution is 7.84. The largest absolute Gasteiger partial charge is 0.451 e. The molecule has 0 amide bonds. The molecule has 0 aromatic carbocycles. The van der Waals surface area contributed by atoms with Crippen LogP contribution in [0.15, 0.2) is 12.4 Å². The molecule has 1 heterocycles. The van der Waals surface area contributed by atoms with Gasteiger partial charge in [0.25, 0.3) is 0 Å². The molecule has 0 bridgehead atoms. The van der Waals surface area contributed by atoms with Crippen molar-refractivity contribution in [1.29, 1.82) is 0 Å². The van der Waals surface area contributed by atoms with E-state index in [4.69, 9.17) is 0 Å². The molecule has 8 heteroatoms. The van der Waals surface area contributed by atoms with Gasteiger partial charge in [-0.15, -0.1) is 0 Å². The van der Waals surface area contributed by atoms with Crippen molar-refractivity contribution in [2.24, 2.45) is 0 Å². The summed E-state index contributed by atoms with van der Waals surface area (Å²) in [4.78, 5) is 6.63. The SMILES string of the molecule is CC[C@@H](NS(=O)C(C)(C)C)c1cnc(C(F)(F)F)nc1. The van der Waals surface area contributed by atoms with Gasteiger partial charge in [-0.25, -0.2) is 18.9 Å². The van der Waals surface area contributed by atoms with Crippen molar-refractivity contribution in [2.75, 3.05) is 0 Å². The molecule has 1 unspecified atom stereocenters. The molecule has 0 saturated heterocycles. The van der Waals surface area contributed by atoms with Crippen LogP contribution in [0.3, 0.4) is 0 Å². The van der Waals surface area contributed by atoms with E-state index in [1.165, 1.54) is 0 Å². The zero-order valence-electron chi connectivity index (χ0n) is 11.8. The van der Waals surface area contributed by atoms with Crippen LogP contribution in [0.1, 0.15) is 51.5 Å². The van der Waals surface area contributed by atoms with Gasteiger partial charge in [-0.2, -0.15) is 13.2 Å². The average Bonchev–Trinajstić information content (AvgIpc) is 2.33. The first kappa shape index (κ1) is 17.0. The highest BCUT2D eigenvalue weighted by Crippen LogP contribution is 2.26. The molecule has 1 aromatic rings. The number of hydrogen-bond donors (Lipinski definition) is 1. The fraction of sp³-hybridized carbons (Fsp3) is 0.667. The topological polar surface area (TPSA) is 54.9 Å². The lowest BCUT2D eigenvalue weighted by Gasteiger charge is -2.23. The smallest absolute Gasteiger partial charge is 0.242 e. The molecule has 4 nitrogen and oxygen atoms in total. The quantitative estimate of drug-likeness (QED) is 0.930. The predicted octanol–water partition coefficient (Wildman–Crippen LogP) is 3.00. The first-order valence-corrected chi connectivity index (χ1v) is 7.28. The number of aromatic nitrogens is 2. The third kappa shape index (κ3) is 4.52. The number of halogens is 3. The van der Waals surface area contributed by atoms with Gasteiger partial charge in [-0.3, -0.25) is 0 Å². The summed E-state index contributed by atoms with van der Waals surface area (Å²) in [5, 5.41) is 0. The molecule has 0 saturated carbocycles. The molecule has 114 valence electrons. The van der Waals surface area contributed by atoms with Crippen LogP contribution in [0.5, 0.6) is 0 Å². The highest BCUT2D eigenvalue weighted by atomic mass is 32.2. The van der Waals surface area contributed by atoms with E-state index in [1.807, 2.05) is 27.7 Å². The minimum Gasteiger partial charge on any atom is -0.242 e. The van der Waals surface area contributed by atoms with Gasteiger partial charge in [-0.05, 0) is 27.2 Å². The van der Waals surface area contributed by atoms with Gasteiger partial charge in [0.1, 0.15) is 0 Å². The molecule has 1 rings (SSSR count). The Hall–Kier alpha value is -1.02. The van der Waals surface area contributed by atoms with Gasteiger partial charge in [0.2, 0.25) is 5.82 Å². The summed E-state index contributed by atoms with van der Waals surface area (Å²) in [6, 6.07) is -0.350. The Bertz CT molecular complexity index is 468. The summed E-state index contributed by atoms with van der Waals surface area (Å²) in [5.41, 5.74) is 0.484. The predicted molar refractivity (Wildman–Crippen MR) is 71.1 cm³/mol. The van der Waals surface area contributed by atoms with Gasteiger partial charge in [0.15, 0.2) is 0 Å². The summed E-state index contributed by atoms with van der Waals surface area (Å²) in [6.07, 6.45) is -1.74. The molecular formula is C12H18F3N3OS. The van der Waals surface area contributed by atoms with Crippen LogP contribution >= 0.6 is 0 Å². The number of alkyl halides is 3. The van der Waals surface area contributed by atoms with Gasteiger partial charge in [-0.1, -0.05) is 6.92 Å². The molecule has 1 aromatic heterocycles. The monoisotopic (exact) mass is 309 g/mol. The molecule has 0 spiro atoms.